The molecule has 1 saturated heterocycles. The molecule has 4 aliphatic rings. The number of carbonyl (C=O) groups is 2. The normalized spacial score (nSPS) is 44.8. The number of rotatable bonds is 5. The monoisotopic (exact) mass is 419 g/mol. The lowest BCUT2D eigenvalue weighted by Gasteiger charge is -2.55. The third kappa shape index (κ3) is 3.97. The lowest BCUT2D eigenvalue weighted by atomic mass is 9.51. The van der Waals surface area contributed by atoms with Gasteiger partial charge in [-0.05, 0) is 88.8 Å². The van der Waals surface area contributed by atoms with Gasteiger partial charge in [0, 0.05) is 30.6 Å². The van der Waals surface area contributed by atoms with Crippen molar-refractivity contribution in [1.29, 1.82) is 0 Å². The highest BCUT2D eigenvalue weighted by atomic mass is 16.5. The molecular weight excluding hydrogens is 378 g/mol. The summed E-state index contributed by atoms with van der Waals surface area (Å²) in [5.41, 5.74) is -0.280. The van der Waals surface area contributed by atoms with Gasteiger partial charge in [0.15, 0.2) is 0 Å². The molecule has 4 rings (SSSR count). The van der Waals surface area contributed by atoms with E-state index in [1.807, 2.05) is 0 Å². The fourth-order valence-corrected chi connectivity index (χ4v) is 7.59. The van der Waals surface area contributed by atoms with Gasteiger partial charge in [0.25, 0.3) is 0 Å². The number of hydrogen-bond donors (Lipinski definition) is 1. The molecule has 170 valence electrons. The van der Waals surface area contributed by atoms with Gasteiger partial charge in [-0.1, -0.05) is 13.8 Å². The smallest absolute Gasteiger partial charge is 0.302 e. The number of ketones is 1. The van der Waals surface area contributed by atoms with E-state index in [0.717, 1.165) is 51.5 Å². The maximum absolute atomic E-state index is 12.7. The van der Waals surface area contributed by atoms with Crippen molar-refractivity contribution in [3.63, 3.8) is 0 Å². The topological polar surface area (TPSA) is 66.8 Å². The quantitative estimate of drug-likeness (QED) is 0.683. The zero-order valence-corrected chi connectivity index (χ0v) is 19.2. The summed E-state index contributed by atoms with van der Waals surface area (Å²) in [6.45, 7) is 9.53. The molecular formula is C25H41NO4. The van der Waals surface area contributed by atoms with Crippen LogP contribution in [0.2, 0.25) is 0 Å². The first-order valence-corrected chi connectivity index (χ1v) is 12.3. The van der Waals surface area contributed by atoms with E-state index in [1.165, 1.54) is 32.9 Å². The zero-order valence-electron chi connectivity index (χ0n) is 19.2. The third-order valence-corrected chi connectivity index (χ3v) is 9.55. The summed E-state index contributed by atoms with van der Waals surface area (Å²) in [6.07, 6.45) is 9.34. The minimum Gasteiger partial charge on any atom is -0.462 e. The molecule has 4 fully saturated rings. The maximum atomic E-state index is 12.7. The lowest BCUT2D eigenvalue weighted by molar-refractivity contribution is -0.177. The Bertz CT molecular complexity index is 660. The van der Waals surface area contributed by atoms with Crippen molar-refractivity contribution in [3.05, 3.63) is 0 Å². The van der Waals surface area contributed by atoms with Crippen molar-refractivity contribution in [1.82, 2.24) is 4.90 Å². The number of nitrogens with zero attached hydrogens (tertiary/aromatic N) is 1. The second-order valence-corrected chi connectivity index (χ2v) is 11.2. The number of carbonyl (C=O) groups excluding carboxylic acids is 2. The minimum atomic E-state index is -0.327. The molecule has 0 amide bonds. The highest BCUT2D eigenvalue weighted by molar-refractivity contribution is 5.87. The molecule has 0 spiro atoms. The van der Waals surface area contributed by atoms with Crippen LogP contribution in [-0.2, 0) is 14.3 Å². The van der Waals surface area contributed by atoms with Crippen LogP contribution in [0.4, 0.5) is 0 Å². The van der Waals surface area contributed by atoms with E-state index < -0.39 is 0 Å². The molecule has 3 aliphatic carbocycles. The highest BCUT2D eigenvalue weighted by Gasteiger charge is 2.59. The summed E-state index contributed by atoms with van der Waals surface area (Å²) < 4.78 is 6.04. The first-order chi connectivity index (χ1) is 14.2. The molecule has 7 unspecified atom stereocenters. The van der Waals surface area contributed by atoms with Crippen molar-refractivity contribution < 1.29 is 19.4 Å². The Morgan fingerprint density at radius 2 is 1.87 bits per heavy atom. The van der Waals surface area contributed by atoms with Crippen molar-refractivity contribution in [3.8, 4) is 0 Å². The molecule has 0 aromatic rings. The molecule has 1 aliphatic heterocycles. The summed E-state index contributed by atoms with van der Waals surface area (Å²) in [6, 6.07) is 0. The Hall–Kier alpha value is -0.940. The SMILES string of the molecule is CC(=O)OC1C2CCC(=O)C2(C)CCC1C1(C)CCC(O)CC1CCN1CCCC1. The molecule has 0 aromatic heterocycles. The van der Waals surface area contributed by atoms with Crippen LogP contribution in [0.5, 0.6) is 0 Å². The van der Waals surface area contributed by atoms with Crippen molar-refractivity contribution in [2.75, 3.05) is 19.6 Å². The summed E-state index contributed by atoms with van der Waals surface area (Å²) in [4.78, 5) is 27.4. The number of hydrogen-bond acceptors (Lipinski definition) is 5. The fraction of sp³-hybridized carbons (Fsp3) is 0.920. The first-order valence-electron chi connectivity index (χ1n) is 12.3. The van der Waals surface area contributed by atoms with Crippen LogP contribution in [0.3, 0.4) is 0 Å². The Labute approximate surface area is 181 Å². The maximum Gasteiger partial charge on any atom is 0.302 e. The molecule has 5 heteroatoms. The van der Waals surface area contributed by atoms with Crippen molar-refractivity contribution >= 4 is 11.8 Å². The van der Waals surface area contributed by atoms with Crippen LogP contribution in [0.15, 0.2) is 0 Å². The predicted octanol–water partition coefficient (Wildman–Crippen LogP) is 3.97. The Balaban J connectivity index is 1.58. The van der Waals surface area contributed by atoms with Gasteiger partial charge in [-0.2, -0.15) is 0 Å². The van der Waals surface area contributed by atoms with Gasteiger partial charge in [-0.15, -0.1) is 0 Å². The van der Waals surface area contributed by atoms with E-state index >= 15 is 0 Å². The standard InChI is InChI=1S/C25H41NO4/c1-17(27)30-23-20-6-7-22(29)25(20,3)12-9-21(23)24(2)11-8-19(28)16-18(24)10-15-26-13-4-5-14-26/h18-21,23,28H,4-16H2,1-3H3. The molecule has 1 heterocycles. The highest BCUT2D eigenvalue weighted by Crippen LogP contribution is 2.60. The van der Waals surface area contributed by atoms with E-state index in [-0.39, 0.29) is 40.8 Å². The molecule has 0 radical (unpaired) electrons. The number of ether oxygens (including phenoxy) is 1. The van der Waals surface area contributed by atoms with Crippen LogP contribution < -0.4 is 0 Å². The zero-order chi connectivity index (χ0) is 21.5. The summed E-state index contributed by atoms with van der Waals surface area (Å²) in [7, 11) is 0. The molecule has 3 saturated carbocycles. The molecule has 7 atom stereocenters. The number of likely N-dealkylation sites (tertiary alicyclic amines) is 1. The summed E-state index contributed by atoms with van der Waals surface area (Å²) >= 11 is 0. The van der Waals surface area contributed by atoms with Crippen LogP contribution in [0.1, 0.15) is 85.0 Å². The number of esters is 1. The lowest BCUT2D eigenvalue weighted by Crippen LogP contribution is -2.55. The van der Waals surface area contributed by atoms with E-state index in [1.54, 1.807) is 0 Å². The average molecular weight is 420 g/mol. The van der Waals surface area contributed by atoms with Crippen LogP contribution in [0, 0.1) is 28.6 Å². The second-order valence-electron chi connectivity index (χ2n) is 11.2. The Morgan fingerprint density at radius 3 is 2.57 bits per heavy atom. The van der Waals surface area contributed by atoms with E-state index in [2.05, 4.69) is 18.7 Å². The number of aliphatic hydroxyl groups excluding tert-OH is 1. The van der Waals surface area contributed by atoms with Gasteiger partial charge in [0.1, 0.15) is 11.9 Å². The number of Topliss-reactive ketones (excluding diaryl/α,β-unsaturated/α-hetero) is 1. The van der Waals surface area contributed by atoms with Gasteiger partial charge >= 0.3 is 5.97 Å². The van der Waals surface area contributed by atoms with Crippen LogP contribution >= 0.6 is 0 Å². The molecule has 0 aromatic carbocycles. The average Bonchev–Trinajstić information content (AvgIpc) is 3.31. The minimum absolute atomic E-state index is 0.0477. The van der Waals surface area contributed by atoms with Gasteiger partial charge in [0.05, 0.1) is 6.10 Å². The molecule has 30 heavy (non-hydrogen) atoms. The van der Waals surface area contributed by atoms with Gasteiger partial charge < -0.3 is 14.7 Å². The van der Waals surface area contributed by atoms with E-state index in [4.69, 9.17) is 4.74 Å². The molecule has 0 bridgehead atoms. The van der Waals surface area contributed by atoms with Crippen LogP contribution in [-0.4, -0.2) is 53.6 Å². The Morgan fingerprint density at radius 1 is 1.13 bits per heavy atom. The first kappa shape index (κ1) is 22.3. The van der Waals surface area contributed by atoms with Crippen molar-refractivity contribution in [2.45, 2.75) is 97.2 Å². The van der Waals surface area contributed by atoms with Gasteiger partial charge in [0.2, 0.25) is 0 Å². The summed E-state index contributed by atoms with van der Waals surface area (Å²) in [5.74, 6) is 1.00. The fourth-order valence-electron chi connectivity index (χ4n) is 7.59. The third-order valence-electron chi connectivity index (χ3n) is 9.55. The van der Waals surface area contributed by atoms with Crippen LogP contribution in [0.25, 0.3) is 0 Å². The van der Waals surface area contributed by atoms with Crippen molar-refractivity contribution in [2.24, 2.45) is 28.6 Å². The largest absolute Gasteiger partial charge is 0.462 e. The van der Waals surface area contributed by atoms with E-state index in [0.29, 0.717) is 18.1 Å². The molecule has 1 N–H and O–H groups in total. The van der Waals surface area contributed by atoms with Gasteiger partial charge in [-0.25, -0.2) is 0 Å². The van der Waals surface area contributed by atoms with Gasteiger partial charge in [-0.3, -0.25) is 9.59 Å². The predicted molar refractivity (Wildman–Crippen MR) is 116 cm³/mol. The second kappa shape index (κ2) is 8.54. The summed E-state index contributed by atoms with van der Waals surface area (Å²) in [5, 5.41) is 10.5. The Kier molecular flexibility index (Phi) is 6.33. The molecule has 5 nitrogen and oxygen atoms in total. The number of aliphatic hydroxyl groups is 1. The number of fused-ring (bicyclic) bond motifs is 1. The van der Waals surface area contributed by atoms with E-state index in [9.17, 15) is 14.7 Å².